The molecule has 1 aliphatic heterocycles. The Morgan fingerprint density at radius 1 is 1.25 bits per heavy atom. The molecule has 0 amide bonds. The van der Waals surface area contributed by atoms with Crippen LogP contribution in [0.15, 0.2) is 18.2 Å². The van der Waals surface area contributed by atoms with E-state index in [4.69, 9.17) is 0 Å². The van der Waals surface area contributed by atoms with E-state index in [1.54, 1.807) is 0 Å². The molecule has 1 atom stereocenters. The van der Waals surface area contributed by atoms with E-state index in [0.717, 1.165) is 31.5 Å². The average Bonchev–Trinajstić information content (AvgIpc) is 2.33. The molecule has 0 bridgehead atoms. The zero-order valence-corrected chi connectivity index (χ0v) is 10.2. The third-order valence-corrected chi connectivity index (χ3v) is 3.80. The number of hydrogen-bond acceptors (Lipinski definition) is 2. The summed E-state index contributed by atoms with van der Waals surface area (Å²) in [6.45, 7) is 6.28. The summed E-state index contributed by atoms with van der Waals surface area (Å²) in [5.74, 6) is 0.418. The fourth-order valence-electron chi connectivity index (χ4n) is 2.51. The van der Waals surface area contributed by atoms with Gasteiger partial charge in [0.25, 0.3) is 0 Å². The van der Waals surface area contributed by atoms with Gasteiger partial charge in [0.05, 0.1) is 6.10 Å². The second-order valence-electron chi connectivity index (χ2n) is 4.82. The first-order valence-corrected chi connectivity index (χ1v) is 6.15. The van der Waals surface area contributed by atoms with Crippen molar-refractivity contribution in [1.29, 1.82) is 0 Å². The van der Waals surface area contributed by atoms with Crippen LogP contribution in [0.3, 0.4) is 0 Å². The number of aryl methyl sites for hydroxylation is 1. The zero-order chi connectivity index (χ0) is 11.5. The fraction of sp³-hybridized carbons (Fsp3) is 0.571. The molecule has 1 unspecified atom stereocenters. The van der Waals surface area contributed by atoms with E-state index in [0.29, 0.717) is 5.92 Å². The molecule has 0 radical (unpaired) electrons. The number of benzene rings is 1. The van der Waals surface area contributed by atoms with Gasteiger partial charge in [-0.2, -0.15) is 0 Å². The van der Waals surface area contributed by atoms with E-state index in [-0.39, 0.29) is 6.10 Å². The lowest BCUT2D eigenvalue weighted by atomic mass is 9.85. The van der Waals surface area contributed by atoms with E-state index in [1.807, 2.05) is 6.07 Å². The Bertz CT molecular complexity index is 356. The van der Waals surface area contributed by atoms with Crippen LogP contribution in [-0.4, -0.2) is 18.2 Å². The predicted octanol–water partition coefficient (Wildman–Crippen LogP) is 2.34. The SMILES string of the molecule is Cc1cccc(C(O)C2CCNCC2)c1C. The van der Waals surface area contributed by atoms with Crippen LogP contribution in [0.1, 0.15) is 35.6 Å². The summed E-state index contributed by atoms with van der Waals surface area (Å²) in [4.78, 5) is 0. The van der Waals surface area contributed by atoms with Gasteiger partial charge in [-0.25, -0.2) is 0 Å². The Kier molecular flexibility index (Phi) is 3.62. The van der Waals surface area contributed by atoms with Crippen LogP contribution in [0, 0.1) is 19.8 Å². The number of aliphatic hydroxyl groups is 1. The first kappa shape index (κ1) is 11.6. The Labute approximate surface area is 97.7 Å². The highest BCUT2D eigenvalue weighted by Gasteiger charge is 2.24. The molecular formula is C14H21NO. The van der Waals surface area contributed by atoms with E-state index in [1.165, 1.54) is 11.1 Å². The van der Waals surface area contributed by atoms with Gasteiger partial charge in [-0.1, -0.05) is 18.2 Å². The standard InChI is InChI=1S/C14H21NO/c1-10-4-3-5-13(11(10)2)14(16)12-6-8-15-9-7-12/h3-5,12,14-16H,6-9H2,1-2H3. The van der Waals surface area contributed by atoms with Crippen LogP contribution in [0.5, 0.6) is 0 Å². The van der Waals surface area contributed by atoms with Gasteiger partial charge >= 0.3 is 0 Å². The van der Waals surface area contributed by atoms with E-state index in [9.17, 15) is 5.11 Å². The van der Waals surface area contributed by atoms with Crippen molar-refractivity contribution in [1.82, 2.24) is 5.32 Å². The molecule has 0 spiro atoms. The smallest absolute Gasteiger partial charge is 0.0821 e. The summed E-state index contributed by atoms with van der Waals surface area (Å²) in [7, 11) is 0. The molecule has 2 N–H and O–H groups in total. The normalized spacial score (nSPS) is 19.7. The van der Waals surface area contributed by atoms with Crippen molar-refractivity contribution in [3.63, 3.8) is 0 Å². The van der Waals surface area contributed by atoms with Crippen LogP contribution in [0.4, 0.5) is 0 Å². The molecule has 2 heteroatoms. The van der Waals surface area contributed by atoms with Gasteiger partial charge in [0.15, 0.2) is 0 Å². The maximum atomic E-state index is 10.4. The highest BCUT2D eigenvalue weighted by Crippen LogP contribution is 2.31. The first-order valence-electron chi connectivity index (χ1n) is 6.15. The van der Waals surface area contributed by atoms with Gasteiger partial charge in [0, 0.05) is 0 Å². The Hall–Kier alpha value is -0.860. The molecule has 1 saturated heterocycles. The average molecular weight is 219 g/mol. The second kappa shape index (κ2) is 4.98. The Morgan fingerprint density at radius 2 is 1.94 bits per heavy atom. The van der Waals surface area contributed by atoms with Crippen molar-refractivity contribution in [3.05, 3.63) is 34.9 Å². The van der Waals surface area contributed by atoms with E-state index < -0.39 is 0 Å². The number of rotatable bonds is 2. The Balaban J connectivity index is 2.19. The van der Waals surface area contributed by atoms with Gasteiger partial charge in [-0.05, 0) is 62.4 Å². The first-order chi connectivity index (χ1) is 7.70. The van der Waals surface area contributed by atoms with Crippen molar-refractivity contribution in [2.75, 3.05) is 13.1 Å². The van der Waals surface area contributed by atoms with Crippen molar-refractivity contribution >= 4 is 0 Å². The van der Waals surface area contributed by atoms with Crippen LogP contribution in [0.25, 0.3) is 0 Å². The van der Waals surface area contributed by atoms with Crippen LogP contribution in [-0.2, 0) is 0 Å². The molecule has 2 rings (SSSR count). The molecule has 1 aromatic carbocycles. The summed E-state index contributed by atoms with van der Waals surface area (Å²) < 4.78 is 0. The molecule has 0 aromatic heterocycles. The monoisotopic (exact) mass is 219 g/mol. The van der Waals surface area contributed by atoms with Gasteiger partial charge in [-0.3, -0.25) is 0 Å². The van der Waals surface area contributed by atoms with Gasteiger partial charge in [-0.15, -0.1) is 0 Å². The molecule has 0 saturated carbocycles. The summed E-state index contributed by atoms with van der Waals surface area (Å²) in [6.07, 6.45) is 1.87. The fourth-order valence-corrected chi connectivity index (χ4v) is 2.51. The lowest BCUT2D eigenvalue weighted by molar-refractivity contribution is 0.0883. The molecule has 2 nitrogen and oxygen atoms in total. The van der Waals surface area contributed by atoms with Crippen molar-refractivity contribution in [2.45, 2.75) is 32.8 Å². The second-order valence-corrected chi connectivity index (χ2v) is 4.82. The van der Waals surface area contributed by atoms with Crippen molar-refractivity contribution in [2.24, 2.45) is 5.92 Å². The summed E-state index contributed by atoms with van der Waals surface area (Å²) in [6, 6.07) is 6.21. The number of piperidine rings is 1. The van der Waals surface area contributed by atoms with Gasteiger partial charge in [0.1, 0.15) is 0 Å². The maximum Gasteiger partial charge on any atom is 0.0821 e. The van der Waals surface area contributed by atoms with Crippen molar-refractivity contribution in [3.8, 4) is 0 Å². The van der Waals surface area contributed by atoms with Crippen LogP contribution in [0.2, 0.25) is 0 Å². The third kappa shape index (κ3) is 2.28. The van der Waals surface area contributed by atoms with Crippen molar-refractivity contribution < 1.29 is 5.11 Å². The topological polar surface area (TPSA) is 32.3 Å². The maximum absolute atomic E-state index is 10.4. The summed E-state index contributed by atoms with van der Waals surface area (Å²) in [5.41, 5.74) is 3.63. The molecule has 16 heavy (non-hydrogen) atoms. The zero-order valence-electron chi connectivity index (χ0n) is 10.2. The lowest BCUT2D eigenvalue weighted by Crippen LogP contribution is -2.31. The summed E-state index contributed by atoms with van der Waals surface area (Å²) in [5, 5.41) is 13.8. The minimum atomic E-state index is -0.290. The highest BCUT2D eigenvalue weighted by molar-refractivity contribution is 5.34. The molecule has 0 aliphatic carbocycles. The predicted molar refractivity (Wildman–Crippen MR) is 66.5 cm³/mol. The minimum absolute atomic E-state index is 0.290. The third-order valence-electron chi connectivity index (χ3n) is 3.80. The molecule has 88 valence electrons. The largest absolute Gasteiger partial charge is 0.388 e. The van der Waals surface area contributed by atoms with E-state index in [2.05, 4.69) is 31.3 Å². The molecule has 1 heterocycles. The highest BCUT2D eigenvalue weighted by atomic mass is 16.3. The number of aliphatic hydroxyl groups excluding tert-OH is 1. The van der Waals surface area contributed by atoms with Gasteiger partial charge < -0.3 is 10.4 Å². The Morgan fingerprint density at radius 3 is 2.62 bits per heavy atom. The summed E-state index contributed by atoms with van der Waals surface area (Å²) >= 11 is 0. The van der Waals surface area contributed by atoms with Crippen LogP contribution >= 0.6 is 0 Å². The number of hydrogen-bond donors (Lipinski definition) is 2. The minimum Gasteiger partial charge on any atom is -0.388 e. The lowest BCUT2D eigenvalue weighted by Gasteiger charge is -2.28. The molecular weight excluding hydrogens is 198 g/mol. The quantitative estimate of drug-likeness (QED) is 0.800. The van der Waals surface area contributed by atoms with E-state index >= 15 is 0 Å². The van der Waals surface area contributed by atoms with Crippen LogP contribution < -0.4 is 5.32 Å². The number of nitrogens with one attached hydrogen (secondary N) is 1. The molecule has 1 aliphatic rings. The van der Waals surface area contributed by atoms with Gasteiger partial charge in [0.2, 0.25) is 0 Å². The molecule has 1 aromatic rings. The molecule has 1 fully saturated rings.